The van der Waals surface area contributed by atoms with Crippen molar-refractivity contribution in [2.45, 2.75) is 18.3 Å². The van der Waals surface area contributed by atoms with Crippen LogP contribution in [0.3, 0.4) is 0 Å². The fourth-order valence-electron chi connectivity index (χ4n) is 3.72. The van der Waals surface area contributed by atoms with E-state index in [1.165, 1.54) is 23.9 Å². The highest BCUT2D eigenvalue weighted by atomic mass is 32.2. The van der Waals surface area contributed by atoms with Gasteiger partial charge in [-0.05, 0) is 36.8 Å². The molecule has 0 N–H and O–H groups in total. The number of alkyl halides is 3. The van der Waals surface area contributed by atoms with Crippen molar-refractivity contribution >= 4 is 23.4 Å². The van der Waals surface area contributed by atoms with E-state index in [4.69, 9.17) is 0 Å². The number of amides is 1. The minimum atomic E-state index is -4.37. The summed E-state index contributed by atoms with van der Waals surface area (Å²) in [6.07, 6.45) is -0.773. The quantitative estimate of drug-likeness (QED) is 0.520. The summed E-state index contributed by atoms with van der Waals surface area (Å²) in [5, 5.41) is 0.746. The fraction of sp³-hybridized carbons (Fsp3) is 0.304. The van der Waals surface area contributed by atoms with Crippen LogP contribution in [0.4, 0.5) is 18.9 Å². The smallest absolute Gasteiger partial charge is 0.368 e. The number of thioether (sulfide) groups is 1. The molecule has 3 aromatic rings. The van der Waals surface area contributed by atoms with Gasteiger partial charge in [-0.25, -0.2) is 4.98 Å². The minimum Gasteiger partial charge on any atom is -0.368 e. The summed E-state index contributed by atoms with van der Waals surface area (Å²) >= 11 is 1.38. The molecule has 0 radical (unpaired) electrons. The molecule has 4 rings (SSSR count). The largest absolute Gasteiger partial charge is 0.416 e. The molecule has 1 aliphatic heterocycles. The molecule has 1 aliphatic rings. The van der Waals surface area contributed by atoms with Gasteiger partial charge in [0.25, 0.3) is 0 Å². The lowest BCUT2D eigenvalue weighted by atomic mass is 10.1. The first-order valence-electron chi connectivity index (χ1n) is 10.2. The topological polar surface area (TPSA) is 41.4 Å². The number of hydrogen-bond acceptors (Lipinski definition) is 4. The summed E-state index contributed by atoms with van der Waals surface area (Å²) in [5.74, 6) is 0.255. The van der Waals surface area contributed by atoms with Gasteiger partial charge in [0.2, 0.25) is 5.91 Å². The zero-order chi connectivity index (χ0) is 22.7. The van der Waals surface area contributed by atoms with Gasteiger partial charge < -0.3 is 9.80 Å². The van der Waals surface area contributed by atoms with E-state index in [9.17, 15) is 18.0 Å². The Kier molecular flexibility index (Phi) is 6.45. The zero-order valence-corrected chi connectivity index (χ0v) is 18.4. The summed E-state index contributed by atoms with van der Waals surface area (Å²) < 4.78 is 40.9. The second-order valence-corrected chi connectivity index (χ2v) is 8.51. The van der Waals surface area contributed by atoms with Crippen LogP contribution in [0.25, 0.3) is 5.69 Å². The molecule has 1 aromatic heterocycles. The number of aryl methyl sites for hydroxylation is 1. The second kappa shape index (κ2) is 9.28. The predicted octanol–water partition coefficient (Wildman–Crippen LogP) is 4.64. The van der Waals surface area contributed by atoms with Crippen LogP contribution >= 0.6 is 11.8 Å². The number of carbonyl (C=O) groups is 1. The van der Waals surface area contributed by atoms with Crippen LogP contribution in [-0.2, 0) is 11.0 Å². The maximum Gasteiger partial charge on any atom is 0.416 e. The van der Waals surface area contributed by atoms with E-state index in [0.29, 0.717) is 31.9 Å². The number of piperazine rings is 1. The molecular weight excluding hydrogens is 437 g/mol. The average Bonchev–Trinajstić information content (AvgIpc) is 3.26. The number of hydrogen-bond donors (Lipinski definition) is 0. The predicted molar refractivity (Wildman–Crippen MR) is 119 cm³/mol. The van der Waals surface area contributed by atoms with Crippen LogP contribution in [0.5, 0.6) is 0 Å². The molecule has 5 nitrogen and oxygen atoms in total. The Morgan fingerprint density at radius 1 is 1.06 bits per heavy atom. The molecular formula is C23H23F3N4OS. The Labute approximate surface area is 188 Å². The van der Waals surface area contributed by atoms with Crippen LogP contribution in [0, 0.1) is 6.92 Å². The minimum absolute atomic E-state index is 0.00183. The molecule has 1 amide bonds. The van der Waals surface area contributed by atoms with E-state index < -0.39 is 11.7 Å². The molecule has 0 unspecified atom stereocenters. The van der Waals surface area contributed by atoms with Gasteiger partial charge in [0, 0.05) is 44.3 Å². The van der Waals surface area contributed by atoms with Gasteiger partial charge >= 0.3 is 6.18 Å². The first-order chi connectivity index (χ1) is 15.3. The van der Waals surface area contributed by atoms with Crippen molar-refractivity contribution in [2.75, 3.05) is 36.8 Å². The molecule has 1 saturated heterocycles. The molecule has 0 spiro atoms. The summed E-state index contributed by atoms with van der Waals surface area (Å²) in [4.78, 5) is 20.8. The van der Waals surface area contributed by atoms with Crippen molar-refractivity contribution in [2.24, 2.45) is 0 Å². The van der Waals surface area contributed by atoms with Crippen molar-refractivity contribution in [1.82, 2.24) is 14.5 Å². The molecule has 0 atom stereocenters. The van der Waals surface area contributed by atoms with Crippen molar-refractivity contribution in [3.05, 3.63) is 72.1 Å². The third-order valence-corrected chi connectivity index (χ3v) is 6.43. The van der Waals surface area contributed by atoms with Crippen molar-refractivity contribution in [3.8, 4) is 5.69 Å². The highest BCUT2D eigenvalue weighted by Gasteiger charge is 2.31. The maximum absolute atomic E-state index is 13.0. The summed E-state index contributed by atoms with van der Waals surface area (Å²) in [6, 6.07) is 13.3. The van der Waals surface area contributed by atoms with Crippen molar-refractivity contribution in [3.63, 3.8) is 0 Å². The van der Waals surface area contributed by atoms with Gasteiger partial charge in [-0.15, -0.1) is 0 Å². The standard InChI is InChI=1S/C23H23F3N4OS/c1-17-5-2-3-8-20(17)30-10-9-27-22(30)32-16-21(31)29-13-11-28(12-14-29)19-7-4-6-18(15-19)23(24,25)26/h2-10,15H,11-14,16H2,1H3. The monoisotopic (exact) mass is 460 g/mol. The van der Waals surface area contributed by atoms with Crippen LogP contribution in [-0.4, -0.2) is 52.3 Å². The third kappa shape index (κ3) is 4.93. The SMILES string of the molecule is Cc1ccccc1-n1ccnc1SCC(=O)N1CCN(c2cccc(C(F)(F)F)c2)CC1. The third-order valence-electron chi connectivity index (χ3n) is 5.48. The molecule has 2 aromatic carbocycles. The van der Waals surface area contributed by atoms with Crippen molar-refractivity contribution in [1.29, 1.82) is 0 Å². The van der Waals surface area contributed by atoms with E-state index in [2.05, 4.69) is 4.98 Å². The van der Waals surface area contributed by atoms with E-state index in [-0.39, 0.29) is 11.7 Å². The first kappa shape index (κ1) is 22.3. The lowest BCUT2D eigenvalue weighted by Crippen LogP contribution is -2.49. The Balaban J connectivity index is 1.34. The molecule has 0 saturated carbocycles. The second-order valence-electron chi connectivity index (χ2n) is 7.57. The lowest BCUT2D eigenvalue weighted by Gasteiger charge is -2.36. The number of imidazole rings is 1. The molecule has 1 fully saturated rings. The molecule has 168 valence electrons. The number of anilines is 1. The van der Waals surface area contributed by atoms with E-state index in [1.807, 2.05) is 46.9 Å². The number of halogens is 3. The number of rotatable bonds is 5. The normalized spacial score (nSPS) is 14.6. The van der Waals surface area contributed by atoms with Crippen LogP contribution in [0.15, 0.2) is 66.1 Å². The molecule has 9 heteroatoms. The summed E-state index contributed by atoms with van der Waals surface area (Å²) in [5.41, 5.74) is 2.01. The zero-order valence-electron chi connectivity index (χ0n) is 17.5. The Bertz CT molecular complexity index is 1090. The van der Waals surface area contributed by atoms with Crippen molar-refractivity contribution < 1.29 is 18.0 Å². The van der Waals surface area contributed by atoms with Gasteiger partial charge in [0.1, 0.15) is 0 Å². The summed E-state index contributed by atoms with van der Waals surface area (Å²) in [7, 11) is 0. The Morgan fingerprint density at radius 2 is 1.81 bits per heavy atom. The maximum atomic E-state index is 13.0. The first-order valence-corrected chi connectivity index (χ1v) is 11.2. The Hall–Kier alpha value is -2.94. The molecule has 0 aliphatic carbocycles. The average molecular weight is 461 g/mol. The van der Waals surface area contributed by atoms with Crippen LogP contribution in [0.2, 0.25) is 0 Å². The number of para-hydroxylation sites is 1. The molecule has 0 bridgehead atoms. The van der Waals surface area contributed by atoms with Gasteiger partial charge in [0.15, 0.2) is 5.16 Å². The lowest BCUT2D eigenvalue weighted by molar-refractivity contribution is -0.137. The Morgan fingerprint density at radius 3 is 2.53 bits per heavy atom. The molecule has 2 heterocycles. The van der Waals surface area contributed by atoms with E-state index in [1.54, 1.807) is 17.2 Å². The fourth-order valence-corrected chi connectivity index (χ4v) is 4.59. The van der Waals surface area contributed by atoms with Gasteiger partial charge in [-0.1, -0.05) is 36.0 Å². The van der Waals surface area contributed by atoms with Crippen LogP contribution in [0.1, 0.15) is 11.1 Å². The van der Waals surface area contributed by atoms with Gasteiger partial charge in [-0.2, -0.15) is 13.2 Å². The van der Waals surface area contributed by atoms with Gasteiger partial charge in [-0.3, -0.25) is 9.36 Å². The van der Waals surface area contributed by atoms with E-state index >= 15 is 0 Å². The van der Waals surface area contributed by atoms with Crippen LogP contribution < -0.4 is 4.90 Å². The highest BCUT2D eigenvalue weighted by Crippen LogP contribution is 2.32. The number of carbonyl (C=O) groups excluding carboxylic acids is 1. The number of aromatic nitrogens is 2. The summed E-state index contributed by atoms with van der Waals surface area (Å²) in [6.45, 7) is 3.97. The number of nitrogens with zero attached hydrogens (tertiary/aromatic N) is 4. The molecule has 32 heavy (non-hydrogen) atoms. The highest BCUT2D eigenvalue weighted by molar-refractivity contribution is 7.99. The van der Waals surface area contributed by atoms with Gasteiger partial charge in [0.05, 0.1) is 17.0 Å². The number of benzene rings is 2. The van der Waals surface area contributed by atoms with E-state index in [0.717, 1.165) is 22.5 Å².